The molecule has 0 bridgehead atoms. The number of para-hydroxylation sites is 1. The molecule has 80 valence electrons. The summed E-state index contributed by atoms with van der Waals surface area (Å²) in [7, 11) is 0. The lowest BCUT2D eigenvalue weighted by atomic mass is 9.88. The number of H-pyrrole nitrogens is 1. The molecule has 0 spiro atoms. The van der Waals surface area contributed by atoms with Crippen LogP contribution >= 0.6 is 0 Å². The van der Waals surface area contributed by atoms with Crippen molar-refractivity contribution in [3.8, 4) is 0 Å². The lowest BCUT2D eigenvalue weighted by Crippen LogP contribution is -2.18. The maximum absolute atomic E-state index is 5.81. The minimum atomic E-state index is 0.346. The van der Waals surface area contributed by atoms with Crippen LogP contribution in [0.2, 0.25) is 0 Å². The summed E-state index contributed by atoms with van der Waals surface area (Å²) in [5.41, 5.74) is 8.86. The minimum absolute atomic E-state index is 0.346. The monoisotopic (exact) mass is 204 g/mol. The molecule has 0 amide bonds. The van der Waals surface area contributed by atoms with E-state index < -0.39 is 0 Å². The quantitative estimate of drug-likeness (QED) is 0.799. The molecule has 0 saturated heterocycles. The van der Waals surface area contributed by atoms with Crippen molar-refractivity contribution in [1.29, 1.82) is 0 Å². The largest absolute Gasteiger partial charge is 0.330 e. The second kappa shape index (κ2) is 3.98. The van der Waals surface area contributed by atoms with Gasteiger partial charge < -0.3 is 5.73 Å². The Labute approximate surface area is 88.9 Å². The zero-order valence-corrected chi connectivity index (χ0v) is 9.07. The Kier molecular flexibility index (Phi) is 2.68. The van der Waals surface area contributed by atoms with E-state index in [0.29, 0.717) is 18.4 Å². The molecule has 1 unspecified atom stereocenters. The van der Waals surface area contributed by atoms with Crippen molar-refractivity contribution < 1.29 is 0 Å². The molecule has 0 aliphatic rings. The van der Waals surface area contributed by atoms with E-state index >= 15 is 0 Å². The number of benzene rings is 1. The van der Waals surface area contributed by atoms with Crippen molar-refractivity contribution in [1.82, 2.24) is 15.4 Å². The molecule has 0 fully saturated rings. The SMILES string of the molecule is CC(C)C(CN)c1cccc2n[nH]nc12. The van der Waals surface area contributed by atoms with E-state index in [2.05, 4.69) is 35.3 Å². The molecule has 2 aromatic rings. The number of hydrogen-bond acceptors (Lipinski definition) is 3. The fraction of sp³-hybridized carbons (Fsp3) is 0.455. The van der Waals surface area contributed by atoms with Crippen LogP contribution in [-0.2, 0) is 0 Å². The maximum Gasteiger partial charge on any atom is 0.116 e. The summed E-state index contributed by atoms with van der Waals surface area (Å²) in [6, 6.07) is 6.05. The maximum atomic E-state index is 5.81. The molecule has 0 aliphatic carbocycles. The van der Waals surface area contributed by atoms with Crippen LogP contribution in [0.4, 0.5) is 0 Å². The van der Waals surface area contributed by atoms with E-state index in [4.69, 9.17) is 5.73 Å². The van der Waals surface area contributed by atoms with Gasteiger partial charge in [0.25, 0.3) is 0 Å². The van der Waals surface area contributed by atoms with Gasteiger partial charge in [-0.1, -0.05) is 26.0 Å². The van der Waals surface area contributed by atoms with Crippen molar-refractivity contribution in [3.63, 3.8) is 0 Å². The Hall–Kier alpha value is -1.42. The lowest BCUT2D eigenvalue weighted by molar-refractivity contribution is 0.508. The van der Waals surface area contributed by atoms with E-state index in [9.17, 15) is 0 Å². The number of rotatable bonds is 3. The van der Waals surface area contributed by atoms with Gasteiger partial charge in [0.2, 0.25) is 0 Å². The van der Waals surface area contributed by atoms with Gasteiger partial charge >= 0.3 is 0 Å². The second-order valence-corrected chi connectivity index (χ2v) is 4.12. The Balaban J connectivity index is 2.54. The molecule has 0 saturated carbocycles. The van der Waals surface area contributed by atoms with Gasteiger partial charge in [-0.2, -0.15) is 15.4 Å². The molecule has 0 radical (unpaired) electrons. The number of aromatic amines is 1. The summed E-state index contributed by atoms with van der Waals surface area (Å²) in [5, 5.41) is 10.9. The van der Waals surface area contributed by atoms with E-state index in [1.54, 1.807) is 0 Å². The molecule has 1 aromatic heterocycles. The van der Waals surface area contributed by atoms with Crippen molar-refractivity contribution in [2.45, 2.75) is 19.8 Å². The molecule has 0 aliphatic heterocycles. The van der Waals surface area contributed by atoms with Gasteiger partial charge in [0.15, 0.2) is 0 Å². The van der Waals surface area contributed by atoms with Crippen molar-refractivity contribution in [3.05, 3.63) is 23.8 Å². The lowest BCUT2D eigenvalue weighted by Gasteiger charge is -2.19. The van der Waals surface area contributed by atoms with Crippen molar-refractivity contribution in [2.24, 2.45) is 11.7 Å². The van der Waals surface area contributed by atoms with Gasteiger partial charge in [-0.25, -0.2) is 0 Å². The van der Waals surface area contributed by atoms with Gasteiger partial charge in [-0.3, -0.25) is 0 Å². The normalized spacial score (nSPS) is 13.6. The van der Waals surface area contributed by atoms with Gasteiger partial charge in [-0.05, 0) is 24.1 Å². The van der Waals surface area contributed by atoms with Crippen LogP contribution < -0.4 is 5.73 Å². The van der Waals surface area contributed by atoms with Crippen LogP contribution in [0.1, 0.15) is 25.3 Å². The highest BCUT2D eigenvalue weighted by molar-refractivity contribution is 5.77. The zero-order chi connectivity index (χ0) is 10.8. The average Bonchev–Trinajstić information content (AvgIpc) is 2.66. The summed E-state index contributed by atoms with van der Waals surface area (Å²) in [5.74, 6) is 0.857. The number of aromatic nitrogens is 3. The van der Waals surface area contributed by atoms with E-state index in [1.807, 2.05) is 12.1 Å². The summed E-state index contributed by atoms with van der Waals surface area (Å²) in [6.45, 7) is 5.00. The fourth-order valence-electron chi connectivity index (χ4n) is 1.95. The number of nitrogens with zero attached hydrogens (tertiary/aromatic N) is 2. The Bertz CT molecular complexity index is 447. The van der Waals surface area contributed by atoms with Crippen LogP contribution in [0.25, 0.3) is 11.0 Å². The Morgan fingerprint density at radius 1 is 1.33 bits per heavy atom. The molecule has 4 heteroatoms. The first-order valence-electron chi connectivity index (χ1n) is 5.23. The third-order valence-corrected chi connectivity index (χ3v) is 2.84. The fourth-order valence-corrected chi connectivity index (χ4v) is 1.95. The Morgan fingerprint density at radius 3 is 2.80 bits per heavy atom. The summed E-state index contributed by atoms with van der Waals surface area (Å²) in [6.07, 6.45) is 0. The third kappa shape index (κ3) is 1.72. The predicted molar refractivity (Wildman–Crippen MR) is 60.5 cm³/mol. The predicted octanol–water partition coefficient (Wildman–Crippen LogP) is 1.66. The minimum Gasteiger partial charge on any atom is -0.330 e. The van der Waals surface area contributed by atoms with Gasteiger partial charge in [0.05, 0.1) is 0 Å². The second-order valence-electron chi connectivity index (χ2n) is 4.12. The molecule has 1 aromatic carbocycles. The number of fused-ring (bicyclic) bond motifs is 1. The number of nitrogens with one attached hydrogen (secondary N) is 1. The summed E-state index contributed by atoms with van der Waals surface area (Å²) >= 11 is 0. The van der Waals surface area contributed by atoms with Crippen LogP contribution in [0, 0.1) is 5.92 Å². The van der Waals surface area contributed by atoms with Crippen LogP contribution in [0.3, 0.4) is 0 Å². The highest BCUT2D eigenvalue weighted by atomic mass is 15.3. The highest BCUT2D eigenvalue weighted by Crippen LogP contribution is 2.27. The number of nitrogens with two attached hydrogens (primary N) is 1. The summed E-state index contributed by atoms with van der Waals surface area (Å²) in [4.78, 5) is 0. The first-order chi connectivity index (χ1) is 7.24. The molecular formula is C11H16N4. The molecule has 1 heterocycles. The van der Waals surface area contributed by atoms with Crippen LogP contribution in [0.15, 0.2) is 18.2 Å². The highest BCUT2D eigenvalue weighted by Gasteiger charge is 2.17. The van der Waals surface area contributed by atoms with E-state index in [1.165, 1.54) is 5.56 Å². The average molecular weight is 204 g/mol. The topological polar surface area (TPSA) is 67.6 Å². The first-order valence-corrected chi connectivity index (χ1v) is 5.23. The molecule has 2 rings (SSSR count). The molecular weight excluding hydrogens is 188 g/mol. The number of hydrogen-bond donors (Lipinski definition) is 2. The first kappa shape index (κ1) is 10.1. The van der Waals surface area contributed by atoms with Gasteiger partial charge in [-0.15, -0.1) is 0 Å². The standard InChI is InChI=1S/C11H16N4/c1-7(2)9(6-12)8-4-3-5-10-11(8)14-15-13-10/h3-5,7,9H,6,12H2,1-2H3,(H,13,14,15). The smallest absolute Gasteiger partial charge is 0.116 e. The van der Waals surface area contributed by atoms with Crippen molar-refractivity contribution in [2.75, 3.05) is 6.54 Å². The van der Waals surface area contributed by atoms with Crippen molar-refractivity contribution >= 4 is 11.0 Å². The Morgan fingerprint density at radius 2 is 2.13 bits per heavy atom. The molecule has 3 N–H and O–H groups in total. The van der Waals surface area contributed by atoms with Gasteiger partial charge in [0, 0.05) is 5.92 Å². The molecule has 1 atom stereocenters. The van der Waals surface area contributed by atoms with E-state index in [0.717, 1.165) is 11.0 Å². The van der Waals surface area contributed by atoms with E-state index in [-0.39, 0.29) is 0 Å². The zero-order valence-electron chi connectivity index (χ0n) is 9.07. The third-order valence-electron chi connectivity index (χ3n) is 2.84. The summed E-state index contributed by atoms with van der Waals surface area (Å²) < 4.78 is 0. The van der Waals surface area contributed by atoms with Crippen LogP contribution in [0.5, 0.6) is 0 Å². The molecule has 4 nitrogen and oxygen atoms in total. The van der Waals surface area contributed by atoms with Gasteiger partial charge in [0.1, 0.15) is 11.0 Å². The molecule has 15 heavy (non-hydrogen) atoms. The van der Waals surface area contributed by atoms with Crippen LogP contribution in [-0.4, -0.2) is 22.0 Å².